The third kappa shape index (κ3) is 4.09. The first-order chi connectivity index (χ1) is 6.84. The highest BCUT2D eigenvalue weighted by molar-refractivity contribution is 5.72. The van der Waals surface area contributed by atoms with Gasteiger partial charge in [-0.15, -0.1) is 0 Å². The molecule has 82 valence electrons. The average Bonchev–Trinajstić information content (AvgIpc) is 2.24. The molecule has 3 heteroatoms. The summed E-state index contributed by atoms with van der Waals surface area (Å²) in [5.41, 5.74) is 0. The molecule has 0 aromatic heterocycles. The molecule has 1 heterocycles. The van der Waals surface area contributed by atoms with Gasteiger partial charge in [-0.05, 0) is 38.8 Å². The lowest BCUT2D eigenvalue weighted by atomic mass is 9.95. The molecule has 0 aromatic rings. The Balaban J connectivity index is 2.34. The second kappa shape index (κ2) is 6.82. The third-order valence-corrected chi connectivity index (χ3v) is 2.85. The highest BCUT2D eigenvalue weighted by Crippen LogP contribution is 2.18. The van der Waals surface area contributed by atoms with Crippen molar-refractivity contribution in [1.29, 1.82) is 0 Å². The van der Waals surface area contributed by atoms with E-state index in [4.69, 9.17) is 4.74 Å². The molecule has 0 saturated carbocycles. The predicted molar refractivity (Wildman–Crippen MR) is 56.1 cm³/mol. The van der Waals surface area contributed by atoms with Gasteiger partial charge in [-0.3, -0.25) is 4.79 Å². The van der Waals surface area contributed by atoms with Crippen molar-refractivity contribution in [3.8, 4) is 0 Å². The minimum Gasteiger partial charge on any atom is -0.469 e. The van der Waals surface area contributed by atoms with E-state index >= 15 is 0 Å². The van der Waals surface area contributed by atoms with E-state index in [-0.39, 0.29) is 11.9 Å². The Labute approximate surface area is 86.2 Å². The summed E-state index contributed by atoms with van der Waals surface area (Å²) in [4.78, 5) is 11.4. The Morgan fingerprint density at radius 1 is 1.14 bits per heavy atom. The number of nitrogens with one attached hydrogen (secondary N) is 1. The van der Waals surface area contributed by atoms with Crippen molar-refractivity contribution in [2.24, 2.45) is 5.92 Å². The smallest absolute Gasteiger partial charge is 0.308 e. The molecule has 0 atom stereocenters. The second-order valence-corrected chi connectivity index (χ2v) is 3.96. The van der Waals surface area contributed by atoms with Gasteiger partial charge in [0.05, 0.1) is 13.0 Å². The molecule has 0 radical (unpaired) electrons. The maximum Gasteiger partial charge on any atom is 0.308 e. The number of rotatable bonds is 1. The number of esters is 1. The molecule has 1 saturated heterocycles. The summed E-state index contributed by atoms with van der Waals surface area (Å²) in [5, 5.41) is 3.40. The molecule has 1 rings (SSSR count). The number of carbonyl (C=O) groups excluding carboxylic acids is 1. The summed E-state index contributed by atoms with van der Waals surface area (Å²) in [6.07, 6.45) is 6.60. The number of hydrogen-bond acceptors (Lipinski definition) is 3. The molecular weight excluding hydrogens is 178 g/mol. The monoisotopic (exact) mass is 199 g/mol. The maximum atomic E-state index is 11.4. The van der Waals surface area contributed by atoms with E-state index in [1.54, 1.807) is 0 Å². The van der Waals surface area contributed by atoms with Crippen molar-refractivity contribution in [2.45, 2.75) is 38.5 Å². The summed E-state index contributed by atoms with van der Waals surface area (Å²) in [6, 6.07) is 0. The molecule has 0 bridgehead atoms. The SMILES string of the molecule is COC(=O)C1CCCCNCCCC1. The van der Waals surface area contributed by atoms with Crippen LogP contribution in [-0.4, -0.2) is 26.2 Å². The topological polar surface area (TPSA) is 38.3 Å². The van der Waals surface area contributed by atoms with Crippen molar-refractivity contribution in [3.05, 3.63) is 0 Å². The fourth-order valence-electron chi connectivity index (χ4n) is 1.95. The zero-order valence-corrected chi connectivity index (χ0v) is 9.05. The van der Waals surface area contributed by atoms with Gasteiger partial charge in [0.1, 0.15) is 0 Å². The lowest BCUT2D eigenvalue weighted by Crippen LogP contribution is -2.21. The van der Waals surface area contributed by atoms with E-state index in [1.807, 2.05) is 0 Å². The average molecular weight is 199 g/mol. The molecule has 3 nitrogen and oxygen atoms in total. The van der Waals surface area contributed by atoms with Crippen LogP contribution in [0.5, 0.6) is 0 Å². The van der Waals surface area contributed by atoms with Crippen molar-refractivity contribution in [3.63, 3.8) is 0 Å². The molecule has 0 spiro atoms. The van der Waals surface area contributed by atoms with Crippen LogP contribution in [0.25, 0.3) is 0 Å². The zero-order chi connectivity index (χ0) is 10.2. The van der Waals surface area contributed by atoms with Crippen molar-refractivity contribution in [2.75, 3.05) is 20.2 Å². The highest BCUT2D eigenvalue weighted by atomic mass is 16.5. The number of hydrogen-bond donors (Lipinski definition) is 1. The summed E-state index contributed by atoms with van der Waals surface area (Å²) in [6.45, 7) is 2.18. The highest BCUT2D eigenvalue weighted by Gasteiger charge is 2.18. The van der Waals surface area contributed by atoms with Crippen LogP contribution in [-0.2, 0) is 9.53 Å². The molecule has 0 aliphatic carbocycles. The summed E-state index contributed by atoms with van der Waals surface area (Å²) >= 11 is 0. The Morgan fingerprint density at radius 2 is 1.71 bits per heavy atom. The van der Waals surface area contributed by atoms with Gasteiger partial charge < -0.3 is 10.1 Å². The van der Waals surface area contributed by atoms with E-state index < -0.39 is 0 Å². The Morgan fingerprint density at radius 3 is 2.21 bits per heavy atom. The van der Waals surface area contributed by atoms with Crippen LogP contribution in [0.4, 0.5) is 0 Å². The van der Waals surface area contributed by atoms with Gasteiger partial charge in [-0.1, -0.05) is 12.8 Å². The van der Waals surface area contributed by atoms with Crippen LogP contribution in [0.2, 0.25) is 0 Å². The predicted octanol–water partition coefficient (Wildman–Crippen LogP) is 1.72. The normalized spacial score (nSPS) is 21.5. The molecule has 1 aliphatic heterocycles. The minimum absolute atomic E-state index is 0.0152. The fraction of sp³-hybridized carbons (Fsp3) is 0.909. The molecular formula is C11H21NO2. The number of carbonyl (C=O) groups is 1. The Bertz CT molecular complexity index is 161. The largest absolute Gasteiger partial charge is 0.469 e. The van der Waals surface area contributed by atoms with Crippen molar-refractivity contribution >= 4 is 5.97 Å². The van der Waals surface area contributed by atoms with Gasteiger partial charge in [0.2, 0.25) is 0 Å². The Kier molecular flexibility index (Phi) is 5.60. The first kappa shape index (κ1) is 11.5. The summed E-state index contributed by atoms with van der Waals surface area (Å²) in [5.74, 6) is 0.136. The van der Waals surface area contributed by atoms with E-state index in [0.29, 0.717) is 0 Å². The van der Waals surface area contributed by atoms with E-state index in [0.717, 1.165) is 38.8 Å². The number of methoxy groups -OCH3 is 1. The molecule has 1 N–H and O–H groups in total. The van der Waals surface area contributed by atoms with E-state index in [1.165, 1.54) is 20.0 Å². The van der Waals surface area contributed by atoms with Gasteiger partial charge in [0.15, 0.2) is 0 Å². The molecule has 0 aromatic carbocycles. The van der Waals surface area contributed by atoms with Gasteiger partial charge in [-0.25, -0.2) is 0 Å². The van der Waals surface area contributed by atoms with Gasteiger partial charge >= 0.3 is 5.97 Å². The first-order valence-corrected chi connectivity index (χ1v) is 5.63. The molecule has 14 heavy (non-hydrogen) atoms. The van der Waals surface area contributed by atoms with Crippen LogP contribution in [0.15, 0.2) is 0 Å². The van der Waals surface area contributed by atoms with E-state index in [9.17, 15) is 4.79 Å². The second-order valence-electron chi connectivity index (χ2n) is 3.96. The summed E-state index contributed by atoms with van der Waals surface area (Å²) in [7, 11) is 1.49. The van der Waals surface area contributed by atoms with Gasteiger partial charge in [0, 0.05) is 0 Å². The lowest BCUT2D eigenvalue weighted by Gasteiger charge is -2.16. The van der Waals surface area contributed by atoms with Crippen LogP contribution in [0, 0.1) is 5.92 Å². The molecule has 1 fully saturated rings. The lowest BCUT2D eigenvalue weighted by molar-refractivity contribution is -0.146. The van der Waals surface area contributed by atoms with E-state index in [2.05, 4.69) is 5.32 Å². The first-order valence-electron chi connectivity index (χ1n) is 5.63. The zero-order valence-electron chi connectivity index (χ0n) is 9.05. The van der Waals surface area contributed by atoms with Gasteiger partial charge in [-0.2, -0.15) is 0 Å². The van der Waals surface area contributed by atoms with Crippen LogP contribution >= 0.6 is 0 Å². The van der Waals surface area contributed by atoms with Crippen LogP contribution < -0.4 is 5.32 Å². The minimum atomic E-state index is -0.0152. The fourth-order valence-corrected chi connectivity index (χ4v) is 1.95. The van der Waals surface area contributed by atoms with Crippen LogP contribution in [0.3, 0.4) is 0 Å². The van der Waals surface area contributed by atoms with Gasteiger partial charge in [0.25, 0.3) is 0 Å². The third-order valence-electron chi connectivity index (χ3n) is 2.85. The number of ether oxygens (including phenoxy) is 1. The summed E-state index contributed by atoms with van der Waals surface area (Å²) < 4.78 is 4.80. The van der Waals surface area contributed by atoms with Crippen molar-refractivity contribution in [1.82, 2.24) is 5.32 Å². The molecule has 0 amide bonds. The standard InChI is InChI=1S/C11H21NO2/c1-14-11(13)10-6-2-4-8-12-9-5-3-7-10/h10,12H,2-9H2,1H3. The molecule has 1 aliphatic rings. The Hall–Kier alpha value is -0.570. The van der Waals surface area contributed by atoms with Crippen LogP contribution in [0.1, 0.15) is 38.5 Å². The maximum absolute atomic E-state index is 11.4. The van der Waals surface area contributed by atoms with Crippen molar-refractivity contribution < 1.29 is 9.53 Å². The quantitative estimate of drug-likeness (QED) is 0.653. The molecule has 0 unspecified atom stereocenters.